The Morgan fingerprint density at radius 2 is 0.559 bits per heavy atom. The highest BCUT2D eigenvalue weighted by molar-refractivity contribution is 9.10. The van der Waals surface area contributed by atoms with Gasteiger partial charge in [-0.3, -0.25) is 0 Å². The molecule has 2 nitrogen and oxygen atoms in total. The molecule has 0 atom stereocenters. The summed E-state index contributed by atoms with van der Waals surface area (Å²) in [5.74, 6) is 0.667. The monoisotopic (exact) mass is 1370 g/mol. The minimum Gasteiger partial charge on any atom is -0.537 e. The molecule has 1 N–H and O–H groups in total. The van der Waals surface area contributed by atoms with Gasteiger partial charge in [-0.15, -0.1) is 0 Å². The average molecular weight is 1370 g/mol. The fraction of sp³-hybridized carbons (Fsp3) is 0.0612. The summed E-state index contributed by atoms with van der Waals surface area (Å²) in [6.07, 6.45) is 0. The van der Waals surface area contributed by atoms with Crippen LogP contribution >= 0.6 is 15.9 Å². The van der Waals surface area contributed by atoms with E-state index in [2.05, 4.69) is 347 Å². The molecule has 0 bridgehead atoms. The van der Waals surface area contributed by atoms with E-state index in [-0.39, 0.29) is 10.8 Å². The Hall–Kier alpha value is -11.7. The first-order valence-corrected chi connectivity index (χ1v) is 36.0. The van der Waals surface area contributed by atoms with E-state index in [1.54, 1.807) is 0 Å². The van der Waals surface area contributed by atoms with E-state index in [0.29, 0.717) is 5.75 Å². The highest BCUT2D eigenvalue weighted by Gasteiger charge is 2.38. The fourth-order valence-electron chi connectivity index (χ4n) is 17.3. The maximum Gasteiger partial charge on any atom is 0.569 e. The Kier molecular flexibility index (Phi) is 15.5. The number of fused-ring (bicyclic) bond motifs is 16. The highest BCUT2D eigenvalue weighted by Crippen LogP contribution is 2.55. The van der Waals surface area contributed by atoms with Crippen LogP contribution in [0.4, 0.5) is 0 Å². The number of hydrogen-bond donors (Lipinski definition) is 1. The van der Waals surface area contributed by atoms with Crippen molar-refractivity contribution in [1.82, 2.24) is 0 Å². The molecule has 483 valence electrons. The van der Waals surface area contributed by atoms with Gasteiger partial charge >= 0.3 is 7.69 Å². The largest absolute Gasteiger partial charge is 0.569 e. The lowest BCUT2D eigenvalue weighted by Gasteiger charge is -2.23. The minimum atomic E-state index is -0.0732. The molecular weight excluding hydrogens is 1300 g/mol. The van der Waals surface area contributed by atoms with Crippen molar-refractivity contribution in [3.05, 3.63) is 366 Å². The molecule has 0 aliphatic heterocycles. The van der Waals surface area contributed by atoms with Gasteiger partial charge in [-0.05, 0) is 194 Å². The Morgan fingerprint density at radius 1 is 0.255 bits per heavy atom. The summed E-state index contributed by atoms with van der Waals surface area (Å²) in [7, 11) is 0.757. The van der Waals surface area contributed by atoms with Crippen LogP contribution in [-0.4, -0.2) is 12.7 Å². The van der Waals surface area contributed by atoms with Gasteiger partial charge in [0.25, 0.3) is 0 Å². The Labute approximate surface area is 603 Å². The highest BCUT2D eigenvalue weighted by atomic mass is 79.9. The zero-order valence-corrected chi connectivity index (χ0v) is 58.7. The first-order chi connectivity index (χ1) is 50.0. The number of benzene rings is 18. The second kappa shape index (κ2) is 25.2. The van der Waals surface area contributed by atoms with Crippen LogP contribution in [-0.2, 0) is 10.8 Å². The Bertz CT molecular complexity index is 6280. The van der Waals surface area contributed by atoms with Crippen molar-refractivity contribution in [3.8, 4) is 83.6 Å². The van der Waals surface area contributed by atoms with Crippen molar-refractivity contribution in [2.45, 2.75) is 38.5 Å². The van der Waals surface area contributed by atoms with Crippen LogP contribution in [0.3, 0.4) is 0 Å². The first-order valence-electron chi connectivity index (χ1n) is 35.2. The predicted molar refractivity (Wildman–Crippen MR) is 438 cm³/mol. The quantitative estimate of drug-likeness (QED) is 0.127. The number of hydrogen-bond acceptors (Lipinski definition) is 2. The molecule has 0 spiro atoms. The van der Waals surface area contributed by atoms with Crippen LogP contribution in [0.5, 0.6) is 5.75 Å². The second-order valence-electron chi connectivity index (χ2n) is 28.2. The van der Waals surface area contributed by atoms with Gasteiger partial charge in [0, 0.05) is 26.1 Å². The molecule has 20 rings (SSSR count). The average Bonchev–Trinajstić information content (AvgIpc) is 1.47. The Morgan fingerprint density at radius 3 is 0.971 bits per heavy atom. The lowest BCUT2D eigenvalue weighted by atomic mass is 9.80. The van der Waals surface area contributed by atoms with Crippen molar-refractivity contribution < 1.29 is 9.68 Å². The third kappa shape index (κ3) is 10.3. The van der Waals surface area contributed by atoms with Crippen LogP contribution in [0.2, 0.25) is 0 Å². The molecule has 0 saturated heterocycles. The zero-order valence-electron chi connectivity index (χ0n) is 57.1. The van der Waals surface area contributed by atoms with Gasteiger partial charge in [0.1, 0.15) is 5.75 Å². The van der Waals surface area contributed by atoms with Gasteiger partial charge in [0.05, 0.1) is 0 Å². The molecule has 0 saturated carbocycles. The van der Waals surface area contributed by atoms with Crippen molar-refractivity contribution in [2.24, 2.45) is 0 Å². The molecular formula is C98H69BBrO2. The van der Waals surface area contributed by atoms with Crippen molar-refractivity contribution >= 4 is 110 Å². The van der Waals surface area contributed by atoms with E-state index in [9.17, 15) is 5.02 Å². The number of halogens is 1. The lowest BCUT2D eigenvalue weighted by molar-refractivity contribution is 0.459. The third-order valence-corrected chi connectivity index (χ3v) is 22.4. The summed E-state index contributed by atoms with van der Waals surface area (Å²) in [5, 5.41) is 29.0. The summed E-state index contributed by atoms with van der Waals surface area (Å²) in [6.45, 7) is 9.43. The molecule has 4 heteroatoms. The van der Waals surface area contributed by atoms with E-state index < -0.39 is 0 Å². The summed E-state index contributed by atoms with van der Waals surface area (Å²) >= 11 is 3.60. The second-order valence-corrected chi connectivity index (χ2v) is 29.1. The van der Waals surface area contributed by atoms with Crippen LogP contribution in [0.1, 0.15) is 49.9 Å². The van der Waals surface area contributed by atoms with Crippen molar-refractivity contribution in [2.75, 3.05) is 0 Å². The number of rotatable bonds is 7. The smallest absolute Gasteiger partial charge is 0.537 e. The van der Waals surface area contributed by atoms with E-state index in [4.69, 9.17) is 4.65 Å². The van der Waals surface area contributed by atoms with E-state index in [1.807, 2.05) is 36.4 Å². The van der Waals surface area contributed by atoms with Gasteiger partial charge in [-0.25, -0.2) is 0 Å². The molecule has 102 heavy (non-hydrogen) atoms. The molecule has 0 amide bonds. The SMILES string of the molecule is CC1(C)c2ccc(-c3c4ccccc4c(-c4ccc(-c5cccc6ccccc56)cc4)c4ccccc34)cc2-c2ccc3ccccc3c21.CC1(C)c2ccc(Br)cc2-c2ccc3ccccc3c21.O[B]Oc1c2ccccc2c(-c2ccc(-c3cccc4ccccc34)cc2)c2ccccc12. The van der Waals surface area contributed by atoms with Gasteiger partial charge in [-0.1, -0.05) is 365 Å². The maximum absolute atomic E-state index is 9.39. The van der Waals surface area contributed by atoms with Crippen LogP contribution in [0.15, 0.2) is 344 Å². The molecule has 18 aromatic carbocycles. The molecule has 2 aliphatic rings. The maximum atomic E-state index is 9.39. The van der Waals surface area contributed by atoms with Crippen LogP contribution in [0, 0.1) is 0 Å². The summed E-state index contributed by atoms with van der Waals surface area (Å²) in [4.78, 5) is 0. The van der Waals surface area contributed by atoms with E-state index >= 15 is 0 Å². The molecule has 0 unspecified atom stereocenters. The van der Waals surface area contributed by atoms with Gasteiger partial charge in [0.2, 0.25) is 0 Å². The van der Waals surface area contributed by atoms with Gasteiger partial charge in [-0.2, -0.15) is 0 Å². The Balaban J connectivity index is 0.000000121. The first kappa shape index (κ1) is 62.6. The van der Waals surface area contributed by atoms with Crippen LogP contribution in [0.25, 0.3) is 164 Å². The van der Waals surface area contributed by atoms with Gasteiger partial charge in [0.15, 0.2) is 0 Å². The van der Waals surface area contributed by atoms with Crippen LogP contribution < -0.4 is 4.65 Å². The topological polar surface area (TPSA) is 29.5 Å². The molecule has 1 radical (unpaired) electrons. The van der Waals surface area contributed by atoms with E-state index in [1.165, 1.54) is 154 Å². The standard InChI is InChI=1S/C49H34.C30H20BO2.C19H15Br/c1-49(2)45-29-27-35(30-44(45)43-28-26-32-13-4-6-16-38(32)48(43)49)47-41-19-9-7-17-39(41)46(40-18-8-10-20-42(40)47)34-24-22-33(23-25-34)37-21-11-14-31-12-3-5-15-36(31)37;32-31-33-30-27-13-5-3-11-25(27)29(26-12-4-6-14-28(26)30)22-18-16-21(17-19-22)24-15-7-9-20-8-1-2-10-23(20)24;1-19(2)17-10-8-13(20)11-16(17)15-9-7-12-5-3-4-6-14(12)18(15)19/h3-30H,1-2H3;1-19,32H;3-11H,1-2H3. The third-order valence-electron chi connectivity index (χ3n) is 21.9. The molecule has 18 aromatic rings. The fourth-order valence-corrected chi connectivity index (χ4v) is 17.6. The molecule has 0 fully saturated rings. The summed E-state index contributed by atoms with van der Waals surface area (Å²) < 4.78 is 6.72. The molecule has 0 heterocycles. The minimum absolute atomic E-state index is 0.0617. The predicted octanol–water partition coefficient (Wildman–Crippen LogP) is 26.9. The van der Waals surface area contributed by atoms with Crippen molar-refractivity contribution in [1.29, 1.82) is 0 Å². The normalized spacial score (nSPS) is 13.0. The zero-order chi connectivity index (χ0) is 68.8. The molecule has 0 aromatic heterocycles. The summed E-state index contributed by atoms with van der Waals surface area (Å²) in [6, 6.07) is 123. The molecule has 2 aliphatic carbocycles. The van der Waals surface area contributed by atoms with Crippen molar-refractivity contribution in [3.63, 3.8) is 0 Å². The summed E-state index contributed by atoms with van der Waals surface area (Å²) in [5.41, 5.74) is 23.5. The van der Waals surface area contributed by atoms with Gasteiger partial charge < -0.3 is 9.68 Å². The lowest BCUT2D eigenvalue weighted by Crippen LogP contribution is -2.15. The van der Waals surface area contributed by atoms with E-state index in [0.717, 1.165) is 44.8 Å².